The van der Waals surface area contributed by atoms with Crippen LogP contribution in [0.25, 0.3) is 0 Å². The topological polar surface area (TPSA) is 132 Å². The number of nitriles is 1. The van der Waals surface area contributed by atoms with Crippen LogP contribution in [0.3, 0.4) is 0 Å². The van der Waals surface area contributed by atoms with Crippen molar-refractivity contribution in [2.75, 3.05) is 13.2 Å². The summed E-state index contributed by atoms with van der Waals surface area (Å²) in [6.45, 7) is 3.29. The molecule has 0 spiro atoms. The lowest BCUT2D eigenvalue weighted by Gasteiger charge is -2.30. The molecule has 1 N–H and O–H groups in total. The van der Waals surface area contributed by atoms with Crippen molar-refractivity contribution in [3.63, 3.8) is 0 Å². The molecule has 0 fully saturated rings. The van der Waals surface area contributed by atoms with Crippen LogP contribution in [-0.2, 0) is 25.5 Å². The summed E-state index contributed by atoms with van der Waals surface area (Å²) in [4.78, 5) is 37.7. The summed E-state index contributed by atoms with van der Waals surface area (Å²) in [7, 11) is 0. The lowest BCUT2D eigenvalue weighted by molar-refractivity contribution is -0.385. The molecule has 0 aromatic heterocycles. The Labute approximate surface area is 209 Å². The van der Waals surface area contributed by atoms with Gasteiger partial charge in [-0.05, 0) is 32.3 Å². The molecule has 0 aliphatic carbocycles. The number of aryl methyl sites for hydroxylation is 1. The fraction of sp³-hybridized carbons (Fsp3) is 0.296. The average Bonchev–Trinajstić information content (AvgIpc) is 2.86. The van der Waals surface area contributed by atoms with Crippen molar-refractivity contribution < 1.29 is 24.0 Å². The lowest BCUT2D eigenvalue weighted by Crippen LogP contribution is -2.33. The van der Waals surface area contributed by atoms with Crippen LogP contribution in [0.4, 0.5) is 5.69 Å². The molecule has 1 aliphatic heterocycles. The maximum Gasteiger partial charge on any atom is 0.336 e. The molecule has 0 saturated heterocycles. The van der Waals surface area contributed by atoms with Crippen molar-refractivity contribution in [1.82, 2.24) is 5.32 Å². The normalized spacial score (nSPS) is 15.1. The molecule has 186 valence electrons. The van der Waals surface area contributed by atoms with Gasteiger partial charge in [-0.1, -0.05) is 48.5 Å². The quantitative estimate of drug-likeness (QED) is 0.224. The zero-order chi connectivity index (χ0) is 26.1. The van der Waals surface area contributed by atoms with Gasteiger partial charge >= 0.3 is 11.9 Å². The molecule has 0 radical (unpaired) electrons. The predicted octanol–water partition coefficient (Wildman–Crippen LogP) is 4.46. The molecular formula is C27H27N3O6. The van der Waals surface area contributed by atoms with Crippen LogP contribution in [0.5, 0.6) is 0 Å². The van der Waals surface area contributed by atoms with Gasteiger partial charge in [-0.15, -0.1) is 0 Å². The second-order valence-corrected chi connectivity index (χ2v) is 8.22. The van der Waals surface area contributed by atoms with Gasteiger partial charge in [-0.25, -0.2) is 9.59 Å². The molecule has 1 heterocycles. The Morgan fingerprint density at radius 3 is 2.17 bits per heavy atom. The minimum Gasteiger partial charge on any atom is -0.462 e. The van der Waals surface area contributed by atoms with E-state index >= 15 is 0 Å². The van der Waals surface area contributed by atoms with E-state index in [0.29, 0.717) is 24.2 Å². The summed E-state index contributed by atoms with van der Waals surface area (Å²) in [5, 5.41) is 23.6. The number of hydrogen-bond donors (Lipinski definition) is 1. The first-order valence-corrected chi connectivity index (χ1v) is 11.5. The van der Waals surface area contributed by atoms with Crippen molar-refractivity contribution in [2.45, 2.75) is 39.0 Å². The number of carbonyl (C=O) groups is 2. The standard InChI is InChI=1S/C27H27N3O6/c1-18-23(26(31)35-16-8-12-20-10-4-3-5-11-20)25(21-13-6-7-14-22(21)30(33)34)24(19(2)29-18)27(32)36-17-9-15-28/h3-7,10-11,13-14,25,29H,8-9,12,16-17H2,1-2H3. The number of nitrogens with zero attached hydrogens (tertiary/aromatic N) is 2. The number of nitro benzene ring substituents is 1. The summed E-state index contributed by atoms with van der Waals surface area (Å²) in [6.07, 6.45) is 1.30. The van der Waals surface area contributed by atoms with E-state index in [1.165, 1.54) is 18.2 Å². The maximum absolute atomic E-state index is 13.3. The zero-order valence-electron chi connectivity index (χ0n) is 20.2. The minimum absolute atomic E-state index is 0.00712. The first-order chi connectivity index (χ1) is 17.3. The highest BCUT2D eigenvalue weighted by Gasteiger charge is 2.40. The number of para-hydroxylation sites is 1. The molecule has 0 saturated carbocycles. The molecule has 1 atom stereocenters. The summed E-state index contributed by atoms with van der Waals surface area (Å²) in [5.74, 6) is -2.52. The maximum atomic E-state index is 13.3. The van der Waals surface area contributed by atoms with Crippen LogP contribution in [-0.4, -0.2) is 30.1 Å². The van der Waals surface area contributed by atoms with Crippen molar-refractivity contribution in [2.24, 2.45) is 0 Å². The fourth-order valence-corrected chi connectivity index (χ4v) is 4.17. The number of hydrogen-bond acceptors (Lipinski definition) is 8. The monoisotopic (exact) mass is 489 g/mol. The van der Waals surface area contributed by atoms with E-state index in [2.05, 4.69) is 5.32 Å². The number of nitrogens with one attached hydrogen (secondary N) is 1. The van der Waals surface area contributed by atoms with Crippen LogP contribution in [0.2, 0.25) is 0 Å². The summed E-state index contributed by atoms with van der Waals surface area (Å²) >= 11 is 0. The van der Waals surface area contributed by atoms with E-state index in [-0.39, 0.29) is 42.0 Å². The average molecular weight is 490 g/mol. The molecule has 36 heavy (non-hydrogen) atoms. The van der Waals surface area contributed by atoms with Crippen LogP contribution < -0.4 is 5.32 Å². The molecular weight excluding hydrogens is 462 g/mol. The van der Waals surface area contributed by atoms with Crippen molar-refractivity contribution in [3.05, 3.63) is 98.4 Å². The Morgan fingerprint density at radius 2 is 1.56 bits per heavy atom. The Hall–Kier alpha value is -4.45. The number of allylic oxidation sites excluding steroid dienone is 2. The fourth-order valence-electron chi connectivity index (χ4n) is 4.17. The van der Waals surface area contributed by atoms with Gasteiger partial charge in [-0.2, -0.15) is 5.26 Å². The molecule has 0 amide bonds. The molecule has 2 aromatic rings. The SMILES string of the molecule is CC1=C(C(=O)OCCC#N)C(c2ccccc2[N+](=O)[O-])C(C(=O)OCCCc2ccccc2)=C(C)N1. The molecule has 1 unspecified atom stereocenters. The van der Waals surface area contributed by atoms with Crippen molar-refractivity contribution in [1.29, 1.82) is 5.26 Å². The third-order valence-corrected chi connectivity index (χ3v) is 5.78. The third kappa shape index (κ3) is 6.16. The van der Waals surface area contributed by atoms with E-state index < -0.39 is 22.8 Å². The van der Waals surface area contributed by atoms with Crippen LogP contribution in [0.15, 0.2) is 77.1 Å². The predicted molar refractivity (Wildman–Crippen MR) is 131 cm³/mol. The van der Waals surface area contributed by atoms with Crippen LogP contribution >= 0.6 is 0 Å². The Balaban J connectivity index is 1.93. The number of nitro groups is 1. The van der Waals surface area contributed by atoms with Gasteiger partial charge in [0.2, 0.25) is 0 Å². The van der Waals surface area contributed by atoms with E-state index in [1.807, 2.05) is 36.4 Å². The third-order valence-electron chi connectivity index (χ3n) is 5.78. The van der Waals surface area contributed by atoms with Gasteiger partial charge in [0.1, 0.15) is 6.61 Å². The van der Waals surface area contributed by atoms with Crippen molar-refractivity contribution in [3.8, 4) is 6.07 Å². The number of rotatable bonds is 10. The first-order valence-electron chi connectivity index (χ1n) is 11.5. The second kappa shape index (κ2) is 12.3. The summed E-state index contributed by atoms with van der Waals surface area (Å²) in [5.41, 5.74) is 2.04. The van der Waals surface area contributed by atoms with Gasteiger partial charge in [-0.3, -0.25) is 10.1 Å². The first kappa shape index (κ1) is 26.2. The van der Waals surface area contributed by atoms with E-state index in [4.69, 9.17) is 14.7 Å². The Kier molecular flexibility index (Phi) is 8.95. The van der Waals surface area contributed by atoms with E-state index in [1.54, 1.807) is 19.9 Å². The molecule has 9 nitrogen and oxygen atoms in total. The molecule has 3 rings (SSSR count). The van der Waals surface area contributed by atoms with Gasteiger partial charge in [0, 0.05) is 23.0 Å². The highest BCUT2D eigenvalue weighted by molar-refractivity contribution is 6.00. The van der Waals surface area contributed by atoms with Gasteiger partial charge in [0.05, 0.1) is 41.1 Å². The number of carbonyl (C=O) groups excluding carboxylic acids is 2. The molecule has 0 bridgehead atoms. The largest absolute Gasteiger partial charge is 0.462 e. The highest BCUT2D eigenvalue weighted by atomic mass is 16.6. The summed E-state index contributed by atoms with van der Waals surface area (Å²) in [6, 6.07) is 17.6. The number of esters is 2. The van der Waals surface area contributed by atoms with Gasteiger partial charge in [0.25, 0.3) is 5.69 Å². The molecule has 2 aromatic carbocycles. The van der Waals surface area contributed by atoms with Crippen molar-refractivity contribution >= 4 is 17.6 Å². The Bertz CT molecular complexity index is 1240. The Morgan fingerprint density at radius 1 is 0.972 bits per heavy atom. The second-order valence-electron chi connectivity index (χ2n) is 8.22. The van der Waals surface area contributed by atoms with Gasteiger partial charge in [0.15, 0.2) is 0 Å². The molecule has 1 aliphatic rings. The number of benzene rings is 2. The zero-order valence-corrected chi connectivity index (χ0v) is 20.2. The van der Waals surface area contributed by atoms with E-state index in [0.717, 1.165) is 5.56 Å². The lowest BCUT2D eigenvalue weighted by atomic mass is 9.79. The van der Waals surface area contributed by atoms with E-state index in [9.17, 15) is 19.7 Å². The van der Waals surface area contributed by atoms with Crippen LogP contribution in [0, 0.1) is 21.4 Å². The number of dihydropyridines is 1. The summed E-state index contributed by atoms with van der Waals surface area (Å²) < 4.78 is 10.8. The molecule has 9 heteroatoms. The highest BCUT2D eigenvalue weighted by Crippen LogP contribution is 2.42. The number of ether oxygens (including phenoxy) is 2. The van der Waals surface area contributed by atoms with Crippen LogP contribution in [0.1, 0.15) is 43.7 Å². The van der Waals surface area contributed by atoms with Gasteiger partial charge < -0.3 is 14.8 Å². The minimum atomic E-state index is -1.08. The smallest absolute Gasteiger partial charge is 0.336 e.